The van der Waals surface area contributed by atoms with Crippen LogP contribution >= 0.6 is 0 Å². The van der Waals surface area contributed by atoms with Gasteiger partial charge in [0.15, 0.2) is 0 Å². The summed E-state index contributed by atoms with van der Waals surface area (Å²) in [5.74, 6) is 0. The molecule has 0 saturated carbocycles. The maximum absolute atomic E-state index is 11.7. The van der Waals surface area contributed by atoms with Gasteiger partial charge in [-0.25, -0.2) is 9.97 Å². The molecule has 0 aliphatic rings. The molecule has 0 fully saturated rings. The summed E-state index contributed by atoms with van der Waals surface area (Å²) >= 11 is 0. The standard InChI is InChI=1S/C5H3F3N2/c6-5(7,8)4-1-9-3-10-2-4/h1-3H. The van der Waals surface area contributed by atoms with E-state index in [4.69, 9.17) is 0 Å². The minimum absolute atomic E-state index is 0.729. The van der Waals surface area contributed by atoms with Crippen molar-refractivity contribution in [3.8, 4) is 0 Å². The number of hydrogen-bond donors (Lipinski definition) is 0. The predicted molar refractivity (Wildman–Crippen MR) is 27.0 cm³/mol. The molecular weight excluding hydrogens is 145 g/mol. The maximum atomic E-state index is 11.7. The quantitative estimate of drug-likeness (QED) is 0.557. The summed E-state index contributed by atoms with van der Waals surface area (Å²) in [7, 11) is 0. The van der Waals surface area contributed by atoms with Gasteiger partial charge in [-0.1, -0.05) is 0 Å². The largest absolute Gasteiger partial charge is 0.419 e. The highest BCUT2D eigenvalue weighted by molar-refractivity contribution is 5.06. The number of halogens is 3. The first-order valence-electron chi connectivity index (χ1n) is 2.43. The molecule has 1 aromatic rings. The SMILES string of the molecule is FC(F)(F)c1cncnc1. The van der Waals surface area contributed by atoms with Crippen molar-refractivity contribution in [2.75, 3.05) is 0 Å². The van der Waals surface area contributed by atoms with Crippen LogP contribution in [0.4, 0.5) is 13.2 Å². The first-order valence-corrected chi connectivity index (χ1v) is 2.43. The third-order valence-electron chi connectivity index (χ3n) is 0.888. The number of hydrogen-bond acceptors (Lipinski definition) is 2. The first-order chi connectivity index (χ1) is 4.61. The van der Waals surface area contributed by atoms with E-state index in [2.05, 4.69) is 9.97 Å². The minimum atomic E-state index is -4.33. The van der Waals surface area contributed by atoms with E-state index in [0.717, 1.165) is 18.7 Å². The molecule has 0 amide bonds. The van der Waals surface area contributed by atoms with Crippen molar-refractivity contribution < 1.29 is 13.2 Å². The second kappa shape index (κ2) is 2.24. The van der Waals surface area contributed by atoms with Crippen LogP contribution in [0.5, 0.6) is 0 Å². The molecule has 2 nitrogen and oxygen atoms in total. The van der Waals surface area contributed by atoms with Gasteiger partial charge in [-0.15, -0.1) is 0 Å². The van der Waals surface area contributed by atoms with Crippen molar-refractivity contribution in [1.82, 2.24) is 9.97 Å². The molecule has 1 aromatic heterocycles. The van der Waals surface area contributed by atoms with Crippen LogP contribution < -0.4 is 0 Å². The average Bonchev–Trinajstić information content (AvgIpc) is 1.88. The molecule has 0 aliphatic heterocycles. The topological polar surface area (TPSA) is 25.8 Å². The number of aromatic nitrogens is 2. The lowest BCUT2D eigenvalue weighted by Gasteiger charge is -2.02. The second-order valence-electron chi connectivity index (χ2n) is 1.62. The van der Waals surface area contributed by atoms with Crippen molar-refractivity contribution >= 4 is 0 Å². The fourth-order valence-corrected chi connectivity index (χ4v) is 0.445. The maximum Gasteiger partial charge on any atom is 0.419 e. The highest BCUT2D eigenvalue weighted by atomic mass is 19.4. The fraction of sp³-hybridized carbons (Fsp3) is 0.200. The summed E-state index contributed by atoms with van der Waals surface area (Å²) in [6.45, 7) is 0. The molecule has 0 atom stereocenters. The second-order valence-corrected chi connectivity index (χ2v) is 1.62. The van der Waals surface area contributed by atoms with Gasteiger partial charge in [0.2, 0.25) is 0 Å². The van der Waals surface area contributed by atoms with Gasteiger partial charge in [0, 0.05) is 12.4 Å². The summed E-state index contributed by atoms with van der Waals surface area (Å²) in [4.78, 5) is 6.44. The summed E-state index contributed by atoms with van der Waals surface area (Å²) in [6.07, 6.45) is -1.82. The molecule has 0 aromatic carbocycles. The first kappa shape index (κ1) is 6.98. The third kappa shape index (κ3) is 1.43. The van der Waals surface area contributed by atoms with E-state index in [0.29, 0.717) is 0 Å². The molecule has 0 unspecified atom stereocenters. The molecule has 1 rings (SSSR count). The van der Waals surface area contributed by atoms with Crippen LogP contribution in [0, 0.1) is 0 Å². The van der Waals surface area contributed by atoms with Gasteiger partial charge in [0.1, 0.15) is 6.33 Å². The molecular formula is C5H3F3N2. The molecule has 0 aliphatic carbocycles. The van der Waals surface area contributed by atoms with Gasteiger partial charge in [-0.05, 0) is 0 Å². The highest BCUT2D eigenvalue weighted by Crippen LogP contribution is 2.27. The van der Waals surface area contributed by atoms with E-state index < -0.39 is 11.7 Å². The highest BCUT2D eigenvalue weighted by Gasteiger charge is 2.30. The predicted octanol–water partition coefficient (Wildman–Crippen LogP) is 1.50. The molecule has 10 heavy (non-hydrogen) atoms. The molecule has 0 spiro atoms. The van der Waals surface area contributed by atoms with Gasteiger partial charge in [0.05, 0.1) is 5.56 Å². The molecule has 0 bridgehead atoms. The number of alkyl halides is 3. The Labute approximate surface area is 54.7 Å². The van der Waals surface area contributed by atoms with Crippen LogP contribution in [0.3, 0.4) is 0 Å². The van der Waals surface area contributed by atoms with E-state index in [1.54, 1.807) is 0 Å². The Balaban J connectivity index is 2.97. The minimum Gasteiger partial charge on any atom is -0.244 e. The number of rotatable bonds is 0. The van der Waals surface area contributed by atoms with Crippen LogP contribution in [0.1, 0.15) is 5.56 Å². The van der Waals surface area contributed by atoms with Crippen molar-refractivity contribution in [2.45, 2.75) is 6.18 Å². The van der Waals surface area contributed by atoms with E-state index in [1.807, 2.05) is 0 Å². The zero-order valence-corrected chi connectivity index (χ0v) is 4.76. The molecule has 54 valence electrons. The zero-order valence-electron chi connectivity index (χ0n) is 4.76. The van der Waals surface area contributed by atoms with Gasteiger partial charge in [-0.3, -0.25) is 0 Å². The summed E-state index contributed by atoms with van der Waals surface area (Å²) in [5.41, 5.74) is -0.824. The smallest absolute Gasteiger partial charge is 0.244 e. The zero-order chi connectivity index (χ0) is 7.61. The van der Waals surface area contributed by atoms with Gasteiger partial charge >= 0.3 is 6.18 Å². The monoisotopic (exact) mass is 148 g/mol. The lowest BCUT2D eigenvalue weighted by molar-refractivity contribution is -0.138. The Morgan fingerprint density at radius 3 is 1.90 bits per heavy atom. The lowest BCUT2D eigenvalue weighted by atomic mass is 10.3. The van der Waals surface area contributed by atoms with Gasteiger partial charge in [0.25, 0.3) is 0 Å². The Morgan fingerprint density at radius 1 is 1.10 bits per heavy atom. The van der Waals surface area contributed by atoms with Crippen LogP contribution in [0.25, 0.3) is 0 Å². The van der Waals surface area contributed by atoms with Crippen LogP contribution in [0.2, 0.25) is 0 Å². The number of nitrogens with zero attached hydrogens (tertiary/aromatic N) is 2. The normalized spacial score (nSPS) is 11.5. The van der Waals surface area contributed by atoms with E-state index in [-0.39, 0.29) is 0 Å². The van der Waals surface area contributed by atoms with Crippen molar-refractivity contribution in [3.63, 3.8) is 0 Å². The van der Waals surface area contributed by atoms with Crippen molar-refractivity contribution in [2.24, 2.45) is 0 Å². The van der Waals surface area contributed by atoms with Crippen molar-refractivity contribution in [1.29, 1.82) is 0 Å². The van der Waals surface area contributed by atoms with E-state index in [1.165, 1.54) is 0 Å². The summed E-state index contributed by atoms with van der Waals surface area (Å²) < 4.78 is 35.1. The van der Waals surface area contributed by atoms with E-state index >= 15 is 0 Å². The Hall–Kier alpha value is -1.13. The summed E-state index contributed by atoms with van der Waals surface area (Å²) in [6, 6.07) is 0. The van der Waals surface area contributed by atoms with Gasteiger partial charge in [-0.2, -0.15) is 13.2 Å². The molecule has 1 heterocycles. The van der Waals surface area contributed by atoms with Gasteiger partial charge < -0.3 is 0 Å². The Morgan fingerprint density at radius 2 is 1.60 bits per heavy atom. The van der Waals surface area contributed by atoms with Crippen LogP contribution in [-0.4, -0.2) is 9.97 Å². The molecule has 0 N–H and O–H groups in total. The molecule has 5 heteroatoms. The molecule has 0 saturated heterocycles. The van der Waals surface area contributed by atoms with Crippen molar-refractivity contribution in [3.05, 3.63) is 24.3 Å². The lowest BCUT2D eigenvalue weighted by Crippen LogP contribution is -2.05. The Bertz CT molecular complexity index is 206. The Kier molecular flexibility index (Phi) is 1.57. The fourth-order valence-electron chi connectivity index (χ4n) is 0.445. The molecule has 0 radical (unpaired) electrons. The van der Waals surface area contributed by atoms with Crippen LogP contribution in [-0.2, 0) is 6.18 Å². The van der Waals surface area contributed by atoms with Crippen LogP contribution in [0.15, 0.2) is 18.7 Å². The average molecular weight is 148 g/mol. The summed E-state index contributed by atoms with van der Waals surface area (Å²) in [5, 5.41) is 0. The van der Waals surface area contributed by atoms with E-state index in [9.17, 15) is 13.2 Å². The third-order valence-corrected chi connectivity index (χ3v) is 0.888.